The number of phenols is 1. The Morgan fingerprint density at radius 1 is 1.22 bits per heavy atom. The highest BCUT2D eigenvalue weighted by Crippen LogP contribution is 2.33. The smallest absolute Gasteiger partial charge is 0.225 e. The number of amides is 1. The van der Waals surface area contributed by atoms with Gasteiger partial charge < -0.3 is 15.8 Å². The molecule has 4 N–H and O–H groups in total. The predicted octanol–water partition coefficient (Wildman–Crippen LogP) is 2.71. The van der Waals surface area contributed by atoms with Crippen LogP contribution in [0.1, 0.15) is 18.3 Å². The number of carbonyl (C=O) groups excluding carboxylic acids is 1. The van der Waals surface area contributed by atoms with Crippen molar-refractivity contribution in [2.45, 2.75) is 19.8 Å². The van der Waals surface area contributed by atoms with Gasteiger partial charge in [0.2, 0.25) is 5.91 Å². The van der Waals surface area contributed by atoms with Gasteiger partial charge in [-0.1, -0.05) is 19.1 Å². The van der Waals surface area contributed by atoms with E-state index in [0.717, 1.165) is 28.6 Å². The number of nitrogens with zero attached hydrogens (tertiary/aromatic N) is 3. The zero-order valence-corrected chi connectivity index (χ0v) is 14.8. The van der Waals surface area contributed by atoms with Gasteiger partial charge in [0.1, 0.15) is 11.6 Å². The fraction of sp³-hybridized carbons (Fsp3) is 0.150. The van der Waals surface area contributed by atoms with E-state index in [1.807, 2.05) is 49.5 Å². The second-order valence-electron chi connectivity index (χ2n) is 6.34. The summed E-state index contributed by atoms with van der Waals surface area (Å²) in [6, 6.07) is 13.2. The van der Waals surface area contributed by atoms with Crippen LogP contribution in [-0.4, -0.2) is 30.8 Å². The maximum absolute atomic E-state index is 11.6. The summed E-state index contributed by atoms with van der Waals surface area (Å²) in [6.45, 7) is 2.04. The van der Waals surface area contributed by atoms with E-state index in [1.54, 1.807) is 10.6 Å². The molecule has 0 aliphatic rings. The highest BCUT2D eigenvalue weighted by molar-refractivity contribution is 5.89. The minimum atomic E-state index is -0.497. The number of hydrogen-bond donors (Lipinski definition) is 3. The number of aromatic amines is 1. The predicted molar refractivity (Wildman–Crippen MR) is 103 cm³/mol. The fourth-order valence-corrected chi connectivity index (χ4v) is 3.26. The zero-order chi connectivity index (χ0) is 19.0. The molecule has 0 radical (unpaired) electrons. The van der Waals surface area contributed by atoms with E-state index in [0.29, 0.717) is 17.2 Å². The number of phenolic OH excluding ortho intramolecular Hbond substituents is 1. The molecule has 4 aromatic rings. The Morgan fingerprint density at radius 3 is 2.85 bits per heavy atom. The average Bonchev–Trinajstić information content (AvgIpc) is 3.28. The van der Waals surface area contributed by atoms with Gasteiger partial charge in [-0.25, -0.2) is 0 Å². The summed E-state index contributed by atoms with van der Waals surface area (Å²) >= 11 is 0. The number of aryl methyl sites for hydroxylation is 1. The first kappa shape index (κ1) is 16.8. The van der Waals surface area contributed by atoms with Crippen LogP contribution in [0.15, 0.2) is 48.7 Å². The first-order valence-electron chi connectivity index (χ1n) is 8.69. The van der Waals surface area contributed by atoms with E-state index in [1.165, 1.54) is 0 Å². The van der Waals surface area contributed by atoms with Gasteiger partial charge in [-0.2, -0.15) is 0 Å². The Bertz CT molecular complexity index is 1140. The van der Waals surface area contributed by atoms with E-state index in [4.69, 9.17) is 5.73 Å². The number of rotatable bonds is 5. The third kappa shape index (κ3) is 2.93. The second kappa shape index (κ2) is 6.60. The highest BCUT2D eigenvalue weighted by atomic mass is 16.3. The molecule has 0 aliphatic carbocycles. The Morgan fingerprint density at radius 2 is 2.07 bits per heavy atom. The first-order chi connectivity index (χ1) is 13.1. The van der Waals surface area contributed by atoms with Gasteiger partial charge in [0.15, 0.2) is 5.82 Å². The van der Waals surface area contributed by atoms with Crippen LogP contribution >= 0.6 is 0 Å². The fourth-order valence-electron chi connectivity index (χ4n) is 3.26. The molecule has 0 bridgehead atoms. The van der Waals surface area contributed by atoms with Gasteiger partial charge in [-0.15, -0.1) is 10.2 Å². The number of hydrogen-bond acceptors (Lipinski definition) is 4. The van der Waals surface area contributed by atoms with Crippen molar-refractivity contribution in [3.8, 4) is 22.8 Å². The normalized spacial score (nSPS) is 11.1. The summed E-state index contributed by atoms with van der Waals surface area (Å²) in [4.78, 5) is 14.7. The number of nitrogens with one attached hydrogen (secondary N) is 1. The molecule has 0 atom stereocenters. The lowest BCUT2D eigenvalue weighted by atomic mass is 10.1. The van der Waals surface area contributed by atoms with Crippen molar-refractivity contribution in [1.29, 1.82) is 0 Å². The third-order valence-corrected chi connectivity index (χ3v) is 4.59. The maximum Gasteiger partial charge on any atom is 0.225 e. The average molecular weight is 361 g/mol. The lowest BCUT2D eigenvalue weighted by molar-refractivity contribution is -0.117. The number of H-pyrrole nitrogens is 1. The zero-order valence-electron chi connectivity index (χ0n) is 14.8. The highest BCUT2D eigenvalue weighted by Gasteiger charge is 2.21. The van der Waals surface area contributed by atoms with Gasteiger partial charge in [0.05, 0.1) is 17.7 Å². The summed E-state index contributed by atoms with van der Waals surface area (Å²) in [5.41, 5.74) is 8.80. The molecular formula is C20H19N5O2. The number of nitrogens with two attached hydrogens (primary N) is 1. The van der Waals surface area contributed by atoms with Crippen LogP contribution in [0.5, 0.6) is 5.75 Å². The van der Waals surface area contributed by atoms with Gasteiger partial charge in [0, 0.05) is 17.1 Å². The Labute approximate surface area is 155 Å². The van der Waals surface area contributed by atoms with Crippen LogP contribution in [-0.2, 0) is 17.6 Å². The molecule has 0 spiro atoms. The summed E-state index contributed by atoms with van der Waals surface area (Å²) in [5.74, 6) is 0.496. The molecule has 2 heterocycles. The summed E-state index contributed by atoms with van der Waals surface area (Å²) < 4.78 is 1.79. The Kier molecular flexibility index (Phi) is 4.12. The number of carbonyl (C=O) groups is 1. The molecule has 7 nitrogen and oxygen atoms in total. The van der Waals surface area contributed by atoms with Crippen LogP contribution in [0.2, 0.25) is 0 Å². The van der Waals surface area contributed by atoms with Crippen molar-refractivity contribution in [2.75, 3.05) is 0 Å². The van der Waals surface area contributed by atoms with Crippen LogP contribution in [0.3, 0.4) is 0 Å². The van der Waals surface area contributed by atoms with E-state index >= 15 is 0 Å². The number of benzene rings is 2. The van der Waals surface area contributed by atoms with Gasteiger partial charge in [-0.3, -0.25) is 9.36 Å². The SMILES string of the molecule is CCc1ccc(O)c(-c2nnc(CC(N)=O)n2-c2cccc3[nH]ccc23)c1. The minimum absolute atomic E-state index is 0.0535. The van der Waals surface area contributed by atoms with Crippen molar-refractivity contribution in [3.05, 3.63) is 60.0 Å². The lowest BCUT2D eigenvalue weighted by Crippen LogP contribution is -2.17. The lowest BCUT2D eigenvalue weighted by Gasteiger charge is -2.13. The summed E-state index contributed by atoms with van der Waals surface area (Å²) in [7, 11) is 0. The Hall–Kier alpha value is -3.61. The molecule has 136 valence electrons. The molecule has 1 amide bonds. The molecule has 2 aromatic heterocycles. The molecule has 0 fully saturated rings. The molecular weight excluding hydrogens is 342 g/mol. The number of aromatic nitrogens is 4. The molecule has 0 unspecified atom stereocenters. The molecule has 0 saturated carbocycles. The van der Waals surface area contributed by atoms with Crippen LogP contribution in [0.4, 0.5) is 0 Å². The molecule has 0 aliphatic heterocycles. The molecule has 7 heteroatoms. The van der Waals surface area contributed by atoms with Crippen LogP contribution in [0, 0.1) is 0 Å². The van der Waals surface area contributed by atoms with Gasteiger partial charge >= 0.3 is 0 Å². The molecule has 0 saturated heterocycles. The monoisotopic (exact) mass is 361 g/mol. The van der Waals surface area contributed by atoms with E-state index < -0.39 is 5.91 Å². The second-order valence-corrected chi connectivity index (χ2v) is 6.34. The summed E-state index contributed by atoms with van der Waals surface area (Å²) in [6.07, 6.45) is 2.62. The first-order valence-corrected chi connectivity index (χ1v) is 8.69. The van der Waals surface area contributed by atoms with E-state index in [-0.39, 0.29) is 12.2 Å². The van der Waals surface area contributed by atoms with Crippen molar-refractivity contribution >= 4 is 16.8 Å². The van der Waals surface area contributed by atoms with Crippen molar-refractivity contribution < 1.29 is 9.90 Å². The van der Waals surface area contributed by atoms with E-state index in [9.17, 15) is 9.90 Å². The Balaban J connectivity index is 2.01. The van der Waals surface area contributed by atoms with Crippen molar-refractivity contribution in [3.63, 3.8) is 0 Å². The van der Waals surface area contributed by atoms with Crippen LogP contribution in [0.25, 0.3) is 28.0 Å². The largest absolute Gasteiger partial charge is 0.507 e. The molecule has 27 heavy (non-hydrogen) atoms. The van der Waals surface area contributed by atoms with Crippen molar-refractivity contribution in [2.24, 2.45) is 5.73 Å². The van der Waals surface area contributed by atoms with Gasteiger partial charge in [0.25, 0.3) is 0 Å². The number of aromatic hydroxyl groups is 1. The summed E-state index contributed by atoms with van der Waals surface area (Å²) in [5, 5.41) is 19.9. The minimum Gasteiger partial charge on any atom is -0.507 e. The number of primary amides is 1. The quantitative estimate of drug-likeness (QED) is 0.507. The standard InChI is InChI=1S/C20H19N5O2/c1-2-12-6-7-17(26)14(10-12)20-24-23-19(11-18(21)27)25(20)16-5-3-4-15-13(16)8-9-22-15/h3-10,22,26H,2,11H2,1H3,(H2,21,27). The maximum atomic E-state index is 11.6. The molecule has 2 aromatic carbocycles. The third-order valence-electron chi connectivity index (χ3n) is 4.59. The molecule has 4 rings (SSSR count). The number of fused-ring (bicyclic) bond motifs is 1. The van der Waals surface area contributed by atoms with E-state index in [2.05, 4.69) is 15.2 Å². The van der Waals surface area contributed by atoms with Crippen LogP contribution < -0.4 is 5.73 Å². The van der Waals surface area contributed by atoms with Gasteiger partial charge in [-0.05, 0) is 42.3 Å². The topological polar surface area (TPSA) is 110 Å². The van der Waals surface area contributed by atoms with Crippen molar-refractivity contribution in [1.82, 2.24) is 19.7 Å².